The first-order chi connectivity index (χ1) is 4.85. The fourth-order valence-electron chi connectivity index (χ4n) is 0.778. The molecule has 0 aliphatic carbocycles. The minimum Gasteiger partial charge on any atom is -0.296 e. The SMILES string of the molecule is C/C=N\CC(C#N)CCC. The largest absolute Gasteiger partial charge is 0.296 e. The van der Waals surface area contributed by atoms with E-state index in [9.17, 15) is 0 Å². The van der Waals surface area contributed by atoms with Gasteiger partial charge in [-0.05, 0) is 19.6 Å². The topological polar surface area (TPSA) is 36.1 Å². The lowest BCUT2D eigenvalue weighted by atomic mass is 10.1. The van der Waals surface area contributed by atoms with Crippen molar-refractivity contribution < 1.29 is 0 Å². The smallest absolute Gasteiger partial charge is 0.0675 e. The van der Waals surface area contributed by atoms with Crippen molar-refractivity contribution in [2.45, 2.75) is 26.7 Å². The summed E-state index contributed by atoms with van der Waals surface area (Å²) >= 11 is 0. The van der Waals surface area contributed by atoms with Gasteiger partial charge in [0, 0.05) is 0 Å². The van der Waals surface area contributed by atoms with Crippen LogP contribution in [0.3, 0.4) is 0 Å². The summed E-state index contributed by atoms with van der Waals surface area (Å²) in [5.74, 6) is 0.126. The summed E-state index contributed by atoms with van der Waals surface area (Å²) in [6, 6.07) is 2.22. The molecule has 2 nitrogen and oxygen atoms in total. The lowest BCUT2D eigenvalue weighted by molar-refractivity contribution is 0.604. The average molecular weight is 138 g/mol. The van der Waals surface area contributed by atoms with Gasteiger partial charge in [-0.3, -0.25) is 4.99 Å². The Morgan fingerprint density at radius 1 is 1.70 bits per heavy atom. The predicted octanol–water partition coefficient (Wildman–Crippen LogP) is 2.02. The van der Waals surface area contributed by atoms with E-state index < -0.39 is 0 Å². The number of rotatable bonds is 4. The summed E-state index contributed by atoms with van der Waals surface area (Å²) in [7, 11) is 0. The molecular formula is C8H14N2. The Balaban J connectivity index is 3.52. The van der Waals surface area contributed by atoms with E-state index in [2.05, 4.69) is 18.0 Å². The Labute approximate surface area is 62.6 Å². The highest BCUT2D eigenvalue weighted by molar-refractivity contribution is 5.53. The zero-order valence-corrected chi connectivity index (χ0v) is 6.67. The van der Waals surface area contributed by atoms with Gasteiger partial charge in [-0.1, -0.05) is 13.3 Å². The molecule has 0 saturated heterocycles. The minimum absolute atomic E-state index is 0.126. The van der Waals surface area contributed by atoms with Gasteiger partial charge >= 0.3 is 0 Å². The fourth-order valence-corrected chi connectivity index (χ4v) is 0.778. The second-order valence-corrected chi connectivity index (χ2v) is 2.24. The summed E-state index contributed by atoms with van der Waals surface area (Å²) in [5, 5.41) is 8.56. The molecule has 10 heavy (non-hydrogen) atoms. The van der Waals surface area contributed by atoms with Gasteiger partial charge in [0.15, 0.2) is 0 Å². The van der Waals surface area contributed by atoms with Gasteiger partial charge in [0.25, 0.3) is 0 Å². The maximum absolute atomic E-state index is 8.56. The molecule has 0 rings (SSSR count). The molecule has 0 bridgehead atoms. The van der Waals surface area contributed by atoms with Crippen molar-refractivity contribution in [3.63, 3.8) is 0 Å². The van der Waals surface area contributed by atoms with E-state index in [-0.39, 0.29) is 5.92 Å². The first-order valence-corrected chi connectivity index (χ1v) is 3.69. The molecule has 0 aromatic heterocycles. The van der Waals surface area contributed by atoms with Crippen molar-refractivity contribution in [1.29, 1.82) is 5.26 Å². The molecule has 0 aliphatic rings. The number of hydrogen-bond donors (Lipinski definition) is 0. The molecule has 0 spiro atoms. The molecule has 0 fully saturated rings. The van der Waals surface area contributed by atoms with Gasteiger partial charge in [-0.2, -0.15) is 5.26 Å². The Hall–Kier alpha value is -0.840. The maximum Gasteiger partial charge on any atom is 0.0675 e. The molecule has 0 heterocycles. The van der Waals surface area contributed by atoms with Gasteiger partial charge < -0.3 is 0 Å². The van der Waals surface area contributed by atoms with Crippen molar-refractivity contribution in [3.05, 3.63) is 0 Å². The van der Waals surface area contributed by atoms with Crippen LogP contribution in [0.1, 0.15) is 26.7 Å². The number of hydrogen-bond acceptors (Lipinski definition) is 2. The third-order valence-electron chi connectivity index (χ3n) is 1.33. The lowest BCUT2D eigenvalue weighted by Gasteiger charge is -2.00. The van der Waals surface area contributed by atoms with Crippen molar-refractivity contribution in [2.75, 3.05) is 6.54 Å². The Bertz CT molecular complexity index is 133. The van der Waals surface area contributed by atoms with Crippen LogP contribution in [0.5, 0.6) is 0 Å². The van der Waals surface area contributed by atoms with Crippen LogP contribution in [0, 0.1) is 17.2 Å². The van der Waals surface area contributed by atoms with E-state index >= 15 is 0 Å². The zero-order valence-electron chi connectivity index (χ0n) is 6.67. The molecule has 0 amide bonds. The van der Waals surface area contributed by atoms with Crippen LogP contribution < -0.4 is 0 Å². The van der Waals surface area contributed by atoms with Crippen LogP contribution in [0.2, 0.25) is 0 Å². The Kier molecular flexibility index (Phi) is 5.75. The number of nitriles is 1. The number of nitrogens with zero attached hydrogens (tertiary/aromatic N) is 2. The lowest BCUT2D eigenvalue weighted by Crippen LogP contribution is -2.00. The molecule has 1 unspecified atom stereocenters. The van der Waals surface area contributed by atoms with E-state index in [4.69, 9.17) is 5.26 Å². The molecule has 0 N–H and O–H groups in total. The van der Waals surface area contributed by atoms with Crippen LogP contribution in [0.4, 0.5) is 0 Å². The second-order valence-electron chi connectivity index (χ2n) is 2.24. The third kappa shape index (κ3) is 4.08. The molecule has 0 aromatic rings. The van der Waals surface area contributed by atoms with Crippen LogP contribution in [0.15, 0.2) is 4.99 Å². The molecule has 1 atom stereocenters. The van der Waals surface area contributed by atoms with Crippen LogP contribution in [-0.4, -0.2) is 12.8 Å². The molecular weight excluding hydrogens is 124 g/mol. The van der Waals surface area contributed by atoms with Gasteiger partial charge in [-0.25, -0.2) is 0 Å². The van der Waals surface area contributed by atoms with Crippen molar-refractivity contribution in [3.8, 4) is 6.07 Å². The van der Waals surface area contributed by atoms with Crippen LogP contribution in [-0.2, 0) is 0 Å². The molecule has 0 aromatic carbocycles. The molecule has 0 saturated carbocycles. The minimum atomic E-state index is 0.126. The standard InChI is InChI=1S/C8H14N2/c1-3-5-8(6-9)7-10-4-2/h4,8H,3,5,7H2,1-2H3/b10-4-. The van der Waals surface area contributed by atoms with Gasteiger partial charge in [0.1, 0.15) is 0 Å². The van der Waals surface area contributed by atoms with Crippen molar-refractivity contribution in [1.82, 2.24) is 0 Å². The highest BCUT2D eigenvalue weighted by atomic mass is 14.7. The van der Waals surface area contributed by atoms with Crippen LogP contribution in [0.25, 0.3) is 0 Å². The first-order valence-electron chi connectivity index (χ1n) is 3.69. The monoisotopic (exact) mass is 138 g/mol. The Morgan fingerprint density at radius 3 is 2.80 bits per heavy atom. The van der Waals surface area contributed by atoms with E-state index in [0.717, 1.165) is 12.8 Å². The van der Waals surface area contributed by atoms with Gasteiger partial charge in [-0.15, -0.1) is 0 Å². The number of aliphatic imine (C=N–C) groups is 1. The summed E-state index contributed by atoms with van der Waals surface area (Å²) in [4.78, 5) is 4.01. The molecule has 0 radical (unpaired) electrons. The van der Waals surface area contributed by atoms with Gasteiger partial charge in [0.05, 0.1) is 18.5 Å². The van der Waals surface area contributed by atoms with Crippen molar-refractivity contribution in [2.24, 2.45) is 10.9 Å². The fraction of sp³-hybridized carbons (Fsp3) is 0.750. The van der Waals surface area contributed by atoms with E-state index in [1.807, 2.05) is 6.92 Å². The first kappa shape index (κ1) is 9.16. The third-order valence-corrected chi connectivity index (χ3v) is 1.33. The average Bonchev–Trinajstić information content (AvgIpc) is 1.98. The predicted molar refractivity (Wildman–Crippen MR) is 43.0 cm³/mol. The zero-order chi connectivity index (χ0) is 7.82. The van der Waals surface area contributed by atoms with E-state index in [1.165, 1.54) is 0 Å². The van der Waals surface area contributed by atoms with E-state index in [0.29, 0.717) is 6.54 Å². The molecule has 56 valence electrons. The van der Waals surface area contributed by atoms with Gasteiger partial charge in [0.2, 0.25) is 0 Å². The summed E-state index contributed by atoms with van der Waals surface area (Å²) in [5.41, 5.74) is 0. The summed E-state index contributed by atoms with van der Waals surface area (Å²) in [6.45, 7) is 4.63. The maximum atomic E-state index is 8.56. The Morgan fingerprint density at radius 2 is 2.40 bits per heavy atom. The highest BCUT2D eigenvalue weighted by Gasteiger charge is 2.02. The summed E-state index contributed by atoms with van der Waals surface area (Å²) in [6.07, 6.45) is 3.78. The molecule has 2 heteroatoms. The van der Waals surface area contributed by atoms with Crippen molar-refractivity contribution >= 4 is 6.21 Å². The van der Waals surface area contributed by atoms with E-state index in [1.54, 1.807) is 6.21 Å². The normalized spacial score (nSPS) is 13.3. The highest BCUT2D eigenvalue weighted by Crippen LogP contribution is 2.04. The molecule has 0 aliphatic heterocycles. The quantitative estimate of drug-likeness (QED) is 0.547. The van der Waals surface area contributed by atoms with Crippen LogP contribution >= 0.6 is 0 Å². The summed E-state index contributed by atoms with van der Waals surface area (Å²) < 4.78 is 0. The second kappa shape index (κ2) is 6.28.